The molecule has 2 atom stereocenters. The summed E-state index contributed by atoms with van der Waals surface area (Å²) in [4.78, 5) is 11.9. The number of aldehydes is 1. The third-order valence-corrected chi connectivity index (χ3v) is 4.15. The van der Waals surface area contributed by atoms with E-state index in [0.717, 1.165) is 6.29 Å². The van der Waals surface area contributed by atoms with E-state index in [-0.39, 0.29) is 0 Å². The van der Waals surface area contributed by atoms with Crippen LogP contribution in [0.25, 0.3) is 0 Å². The molecule has 1 heterocycles. The number of carbonyl (C=O) groups is 1. The monoisotopic (exact) mass is 220 g/mol. The molecule has 1 aromatic carbocycles. The third-order valence-electron chi connectivity index (χ3n) is 2.95. The van der Waals surface area contributed by atoms with Crippen LogP contribution in [0.1, 0.15) is 37.3 Å². The molecule has 0 radical (unpaired) electrons. The van der Waals surface area contributed by atoms with E-state index >= 15 is 0 Å². The van der Waals surface area contributed by atoms with Crippen LogP contribution in [0.15, 0.2) is 23.1 Å². The zero-order valence-electron chi connectivity index (χ0n) is 9.19. The van der Waals surface area contributed by atoms with Gasteiger partial charge in [-0.05, 0) is 29.5 Å². The zero-order valence-corrected chi connectivity index (χ0v) is 10.0. The molecule has 15 heavy (non-hydrogen) atoms. The molecule has 1 aliphatic rings. The molecule has 0 saturated heterocycles. The van der Waals surface area contributed by atoms with Gasteiger partial charge in [-0.1, -0.05) is 26.0 Å². The van der Waals surface area contributed by atoms with Gasteiger partial charge < -0.3 is 4.79 Å². The van der Waals surface area contributed by atoms with Crippen LogP contribution in [-0.4, -0.2) is 11.5 Å². The fraction of sp³-hybridized carbons (Fsp3) is 0.462. The molecule has 1 aromatic rings. The number of fused-ring (bicyclic) bond motifs is 1. The maximum Gasteiger partial charge on any atom is 0.120 e. The summed E-state index contributed by atoms with van der Waals surface area (Å²) in [6.45, 7) is 4.37. The van der Waals surface area contributed by atoms with Crippen molar-refractivity contribution in [2.75, 3.05) is 0 Å². The van der Waals surface area contributed by atoms with Crippen molar-refractivity contribution < 1.29 is 4.79 Å². The lowest BCUT2D eigenvalue weighted by Crippen LogP contribution is -1.95. The van der Waals surface area contributed by atoms with Gasteiger partial charge in [0.2, 0.25) is 0 Å². The smallest absolute Gasteiger partial charge is 0.120 e. The van der Waals surface area contributed by atoms with Crippen LogP contribution in [0.4, 0.5) is 0 Å². The van der Waals surface area contributed by atoms with Crippen molar-refractivity contribution in [2.45, 2.75) is 42.8 Å². The van der Waals surface area contributed by atoms with E-state index in [9.17, 15) is 4.79 Å². The summed E-state index contributed by atoms with van der Waals surface area (Å²) in [7, 11) is 0. The normalized spacial score (nSPS) is 21.1. The van der Waals surface area contributed by atoms with Crippen LogP contribution in [0.2, 0.25) is 0 Å². The Hall–Kier alpha value is -0.760. The van der Waals surface area contributed by atoms with Gasteiger partial charge in [-0.25, -0.2) is 0 Å². The zero-order chi connectivity index (χ0) is 10.8. The number of carbonyl (C=O) groups excluding carboxylic acids is 1. The number of benzene rings is 1. The van der Waals surface area contributed by atoms with E-state index in [1.54, 1.807) is 0 Å². The minimum Gasteiger partial charge on any atom is -0.303 e. The molecule has 0 aromatic heterocycles. The van der Waals surface area contributed by atoms with Crippen LogP contribution in [0.5, 0.6) is 0 Å². The van der Waals surface area contributed by atoms with Crippen molar-refractivity contribution in [1.29, 1.82) is 0 Å². The van der Waals surface area contributed by atoms with E-state index in [1.807, 2.05) is 11.8 Å². The van der Waals surface area contributed by atoms with Gasteiger partial charge >= 0.3 is 0 Å². The maximum atomic E-state index is 10.5. The van der Waals surface area contributed by atoms with E-state index in [0.29, 0.717) is 17.6 Å². The first-order valence-corrected chi connectivity index (χ1v) is 6.31. The van der Waals surface area contributed by atoms with Crippen LogP contribution in [0, 0.1) is 0 Å². The van der Waals surface area contributed by atoms with Gasteiger partial charge in [0, 0.05) is 16.6 Å². The maximum absolute atomic E-state index is 10.5. The highest BCUT2D eigenvalue weighted by atomic mass is 32.2. The molecular weight excluding hydrogens is 204 g/mol. The van der Waals surface area contributed by atoms with Gasteiger partial charge in [0.15, 0.2) is 0 Å². The summed E-state index contributed by atoms with van der Waals surface area (Å²) in [6, 6.07) is 6.66. The topological polar surface area (TPSA) is 17.1 Å². The molecule has 0 aliphatic carbocycles. The average Bonchev–Trinajstić information content (AvgIpc) is 2.57. The van der Waals surface area contributed by atoms with Gasteiger partial charge in [0.1, 0.15) is 6.29 Å². The Morgan fingerprint density at radius 3 is 3.13 bits per heavy atom. The van der Waals surface area contributed by atoms with Crippen molar-refractivity contribution in [2.24, 2.45) is 0 Å². The molecule has 80 valence electrons. The summed E-state index contributed by atoms with van der Waals surface area (Å²) < 4.78 is 0. The van der Waals surface area contributed by atoms with Gasteiger partial charge in [0.25, 0.3) is 0 Å². The number of rotatable bonds is 3. The molecular formula is C13H16OS. The van der Waals surface area contributed by atoms with Crippen LogP contribution < -0.4 is 0 Å². The second kappa shape index (κ2) is 4.40. The molecule has 0 amide bonds. The Morgan fingerprint density at radius 1 is 1.60 bits per heavy atom. The molecule has 1 aliphatic heterocycles. The summed E-state index contributed by atoms with van der Waals surface area (Å²) >= 11 is 1.95. The molecule has 1 nitrogen and oxygen atoms in total. The highest BCUT2D eigenvalue weighted by Crippen LogP contribution is 2.38. The highest BCUT2D eigenvalue weighted by Gasteiger charge is 2.19. The van der Waals surface area contributed by atoms with Gasteiger partial charge in [-0.15, -0.1) is 11.8 Å². The SMILES string of the molecule is CC1Cc2ccc(C(C)CC=O)cc2S1. The lowest BCUT2D eigenvalue weighted by atomic mass is 9.97. The average molecular weight is 220 g/mol. The molecule has 0 N–H and O–H groups in total. The number of hydrogen-bond donors (Lipinski definition) is 0. The molecule has 0 bridgehead atoms. The fourth-order valence-corrected chi connectivity index (χ4v) is 3.21. The predicted molar refractivity (Wildman–Crippen MR) is 64.6 cm³/mol. The minimum absolute atomic E-state index is 0.351. The second-order valence-electron chi connectivity index (χ2n) is 4.30. The number of hydrogen-bond acceptors (Lipinski definition) is 2. The van der Waals surface area contributed by atoms with Crippen molar-refractivity contribution in [1.82, 2.24) is 0 Å². The molecule has 2 heteroatoms. The third kappa shape index (κ3) is 2.25. The molecule has 0 fully saturated rings. The van der Waals surface area contributed by atoms with Gasteiger partial charge in [-0.2, -0.15) is 0 Å². The first kappa shape index (κ1) is 10.7. The van der Waals surface area contributed by atoms with Crippen molar-refractivity contribution >= 4 is 18.0 Å². The fourth-order valence-electron chi connectivity index (χ4n) is 2.00. The summed E-state index contributed by atoms with van der Waals surface area (Å²) in [5, 5.41) is 0.705. The summed E-state index contributed by atoms with van der Waals surface area (Å²) in [5.74, 6) is 0.351. The molecule has 2 unspecified atom stereocenters. The molecule has 2 rings (SSSR count). The molecule has 0 saturated carbocycles. The van der Waals surface area contributed by atoms with E-state index in [4.69, 9.17) is 0 Å². The largest absolute Gasteiger partial charge is 0.303 e. The van der Waals surface area contributed by atoms with Crippen LogP contribution >= 0.6 is 11.8 Å². The highest BCUT2D eigenvalue weighted by molar-refractivity contribution is 8.00. The van der Waals surface area contributed by atoms with Crippen molar-refractivity contribution in [3.05, 3.63) is 29.3 Å². The quantitative estimate of drug-likeness (QED) is 0.726. The van der Waals surface area contributed by atoms with Gasteiger partial charge in [0.05, 0.1) is 0 Å². The lowest BCUT2D eigenvalue weighted by Gasteiger charge is -2.09. The van der Waals surface area contributed by atoms with Crippen LogP contribution in [0.3, 0.4) is 0 Å². The van der Waals surface area contributed by atoms with E-state index < -0.39 is 0 Å². The molecule has 0 spiro atoms. The standard InChI is InChI=1S/C13H16OS/c1-9(5-6-14)11-3-4-12-7-10(2)15-13(12)8-11/h3-4,6,8-10H,5,7H2,1-2H3. The van der Waals surface area contributed by atoms with Crippen molar-refractivity contribution in [3.63, 3.8) is 0 Å². The predicted octanol–water partition coefficient (Wildman–Crippen LogP) is 3.42. The minimum atomic E-state index is 0.351. The Bertz CT molecular complexity index is 373. The van der Waals surface area contributed by atoms with E-state index in [1.165, 1.54) is 22.4 Å². The Labute approximate surface area is 95.3 Å². The lowest BCUT2D eigenvalue weighted by molar-refractivity contribution is -0.108. The van der Waals surface area contributed by atoms with Crippen molar-refractivity contribution in [3.8, 4) is 0 Å². The first-order valence-electron chi connectivity index (χ1n) is 5.44. The van der Waals surface area contributed by atoms with Gasteiger partial charge in [-0.3, -0.25) is 0 Å². The first-order chi connectivity index (χ1) is 7.20. The summed E-state index contributed by atoms with van der Waals surface area (Å²) in [5.41, 5.74) is 2.76. The number of thioether (sulfide) groups is 1. The second-order valence-corrected chi connectivity index (χ2v) is 5.78. The van der Waals surface area contributed by atoms with Crippen LogP contribution in [-0.2, 0) is 11.2 Å². The Balaban J connectivity index is 2.23. The summed E-state index contributed by atoms with van der Waals surface area (Å²) in [6.07, 6.45) is 2.81. The van der Waals surface area contributed by atoms with E-state index in [2.05, 4.69) is 32.0 Å². The Morgan fingerprint density at radius 2 is 2.40 bits per heavy atom. The Kier molecular flexibility index (Phi) is 3.15.